The van der Waals surface area contributed by atoms with Crippen LogP contribution in [0.4, 0.5) is 5.95 Å². The molecule has 2 aromatic rings. The van der Waals surface area contributed by atoms with Gasteiger partial charge in [0.1, 0.15) is 6.33 Å². The number of imidazole rings is 1. The maximum Gasteiger partial charge on any atom is 0.240 e. The molecule has 8 heteroatoms. The molecule has 1 aliphatic rings. The molecule has 0 radical (unpaired) electrons. The van der Waals surface area contributed by atoms with E-state index in [-0.39, 0.29) is 5.95 Å². The molecule has 1 fully saturated rings. The van der Waals surface area contributed by atoms with Gasteiger partial charge in [-0.25, -0.2) is 4.98 Å². The van der Waals surface area contributed by atoms with Crippen LogP contribution in [0.3, 0.4) is 0 Å². The molecule has 100 valence electrons. The van der Waals surface area contributed by atoms with Gasteiger partial charge >= 0.3 is 0 Å². The first kappa shape index (κ1) is 12.4. The van der Waals surface area contributed by atoms with Gasteiger partial charge < -0.3 is 10.5 Å². The summed E-state index contributed by atoms with van der Waals surface area (Å²) in [6.07, 6.45) is 7.11. The van der Waals surface area contributed by atoms with Crippen molar-refractivity contribution in [3.05, 3.63) is 18.7 Å². The minimum Gasteiger partial charge on any atom is -0.381 e. The molecule has 2 N–H and O–H groups in total. The topological polar surface area (TPSA) is 91.7 Å². The van der Waals surface area contributed by atoms with E-state index < -0.39 is 0 Å². The molecule has 3 heterocycles. The maximum atomic E-state index is 5.74. The van der Waals surface area contributed by atoms with Crippen LogP contribution in [0, 0.1) is 0 Å². The lowest BCUT2D eigenvalue weighted by atomic mass is 10.2. The minimum absolute atomic E-state index is 0.230. The number of anilines is 1. The van der Waals surface area contributed by atoms with Crippen LogP contribution in [0.25, 0.3) is 5.95 Å². The number of nitrogen functional groups attached to an aromatic ring is 1. The smallest absolute Gasteiger partial charge is 0.240 e. The fourth-order valence-corrected chi connectivity index (χ4v) is 2.86. The average Bonchev–Trinajstić information content (AvgIpc) is 2.93. The molecule has 0 amide bonds. The van der Waals surface area contributed by atoms with Gasteiger partial charge in [-0.05, 0) is 12.8 Å². The molecule has 1 saturated heterocycles. The Morgan fingerprint density at radius 1 is 1.26 bits per heavy atom. The van der Waals surface area contributed by atoms with Gasteiger partial charge in [0.15, 0.2) is 5.16 Å². The number of nitrogens with two attached hydrogens (primary N) is 1. The molecule has 0 atom stereocenters. The zero-order chi connectivity index (χ0) is 13.1. The summed E-state index contributed by atoms with van der Waals surface area (Å²) in [4.78, 5) is 16.7. The SMILES string of the molecule is Nc1nc(SC2CCOCC2)nc(-n2ccnc2)n1. The van der Waals surface area contributed by atoms with Gasteiger partial charge in [0.05, 0.1) is 0 Å². The number of nitrogens with zero attached hydrogens (tertiary/aromatic N) is 5. The summed E-state index contributed by atoms with van der Waals surface area (Å²) in [5.74, 6) is 0.729. The molecule has 19 heavy (non-hydrogen) atoms. The quantitative estimate of drug-likeness (QED) is 0.892. The average molecular weight is 278 g/mol. The first-order chi connectivity index (χ1) is 9.31. The highest BCUT2D eigenvalue weighted by Gasteiger charge is 2.17. The summed E-state index contributed by atoms with van der Waals surface area (Å²) in [5.41, 5.74) is 5.74. The van der Waals surface area contributed by atoms with Crippen LogP contribution < -0.4 is 5.73 Å². The molecule has 0 saturated carbocycles. The summed E-state index contributed by atoms with van der Waals surface area (Å²) in [6.45, 7) is 1.60. The predicted molar refractivity (Wildman–Crippen MR) is 71.1 cm³/mol. The second kappa shape index (κ2) is 5.54. The molecule has 0 spiro atoms. The number of aromatic nitrogens is 5. The van der Waals surface area contributed by atoms with Crippen LogP contribution in [-0.2, 0) is 4.74 Å². The van der Waals surface area contributed by atoms with Crippen molar-refractivity contribution in [2.75, 3.05) is 18.9 Å². The van der Waals surface area contributed by atoms with Gasteiger partial charge in [-0.3, -0.25) is 4.57 Å². The first-order valence-electron chi connectivity index (χ1n) is 6.05. The van der Waals surface area contributed by atoms with Crippen molar-refractivity contribution in [1.29, 1.82) is 0 Å². The second-order valence-electron chi connectivity index (χ2n) is 4.18. The fraction of sp³-hybridized carbons (Fsp3) is 0.455. The van der Waals surface area contributed by atoms with E-state index in [0.717, 1.165) is 26.1 Å². The summed E-state index contributed by atoms with van der Waals surface area (Å²) in [7, 11) is 0. The van der Waals surface area contributed by atoms with Gasteiger partial charge in [-0.2, -0.15) is 15.0 Å². The summed E-state index contributed by atoms with van der Waals surface area (Å²) in [6, 6.07) is 0. The molecule has 0 bridgehead atoms. The summed E-state index contributed by atoms with van der Waals surface area (Å²) >= 11 is 1.63. The lowest BCUT2D eigenvalue weighted by Gasteiger charge is -2.20. The van der Waals surface area contributed by atoms with E-state index >= 15 is 0 Å². The summed E-state index contributed by atoms with van der Waals surface area (Å²) in [5, 5.41) is 1.13. The molecule has 0 aromatic carbocycles. The van der Waals surface area contributed by atoms with Gasteiger partial charge in [-0.15, -0.1) is 0 Å². The lowest BCUT2D eigenvalue weighted by molar-refractivity contribution is 0.1000. The van der Waals surface area contributed by atoms with Crippen LogP contribution >= 0.6 is 11.8 Å². The van der Waals surface area contributed by atoms with E-state index in [1.54, 1.807) is 35.0 Å². The standard InChI is InChI=1S/C11H14N6OS/c12-9-14-10(17-4-3-13-7-17)16-11(15-9)19-8-1-5-18-6-2-8/h3-4,7-8H,1-2,5-6H2,(H2,12,14,15,16). The Kier molecular flexibility index (Phi) is 3.60. The first-order valence-corrected chi connectivity index (χ1v) is 6.93. The van der Waals surface area contributed by atoms with E-state index in [4.69, 9.17) is 10.5 Å². The normalized spacial score (nSPS) is 16.6. The molecule has 1 aliphatic heterocycles. The summed E-state index contributed by atoms with van der Waals surface area (Å²) < 4.78 is 7.05. The Morgan fingerprint density at radius 2 is 2.11 bits per heavy atom. The minimum atomic E-state index is 0.230. The molecule has 2 aromatic heterocycles. The largest absolute Gasteiger partial charge is 0.381 e. The Labute approximate surface area is 114 Å². The number of hydrogen-bond acceptors (Lipinski definition) is 7. The van der Waals surface area contributed by atoms with Crippen LogP contribution in [-0.4, -0.2) is 43.0 Å². The van der Waals surface area contributed by atoms with Gasteiger partial charge in [0.25, 0.3) is 0 Å². The molecule has 0 aliphatic carbocycles. The van der Waals surface area contributed by atoms with E-state index in [1.807, 2.05) is 0 Å². The number of hydrogen-bond donors (Lipinski definition) is 1. The van der Waals surface area contributed by atoms with E-state index in [9.17, 15) is 0 Å². The van der Waals surface area contributed by atoms with Crippen molar-refractivity contribution < 1.29 is 4.74 Å². The Balaban J connectivity index is 1.81. The highest BCUT2D eigenvalue weighted by molar-refractivity contribution is 7.99. The maximum absolute atomic E-state index is 5.74. The third-order valence-electron chi connectivity index (χ3n) is 2.80. The monoisotopic (exact) mass is 278 g/mol. The second-order valence-corrected chi connectivity index (χ2v) is 5.44. The van der Waals surface area contributed by atoms with Crippen LogP contribution in [0.1, 0.15) is 12.8 Å². The van der Waals surface area contributed by atoms with Crippen LogP contribution in [0.15, 0.2) is 23.9 Å². The molecule has 0 unspecified atom stereocenters. The number of thioether (sulfide) groups is 1. The zero-order valence-corrected chi connectivity index (χ0v) is 11.1. The highest BCUT2D eigenvalue weighted by atomic mass is 32.2. The molecule has 7 nitrogen and oxygen atoms in total. The highest BCUT2D eigenvalue weighted by Crippen LogP contribution is 2.27. The van der Waals surface area contributed by atoms with Crippen LogP contribution in [0.2, 0.25) is 0 Å². The van der Waals surface area contributed by atoms with Gasteiger partial charge in [0, 0.05) is 30.9 Å². The number of rotatable bonds is 3. The third kappa shape index (κ3) is 3.02. The number of ether oxygens (including phenoxy) is 1. The molecule has 3 rings (SSSR count). The Bertz CT molecular complexity index is 540. The fourth-order valence-electron chi connectivity index (χ4n) is 1.85. The lowest BCUT2D eigenvalue weighted by Crippen LogP contribution is -2.18. The third-order valence-corrected chi connectivity index (χ3v) is 3.99. The predicted octanol–water partition coefficient (Wildman–Crippen LogP) is 0.911. The van der Waals surface area contributed by atoms with E-state index in [2.05, 4.69) is 19.9 Å². The zero-order valence-electron chi connectivity index (χ0n) is 10.3. The van der Waals surface area contributed by atoms with Crippen molar-refractivity contribution in [3.8, 4) is 5.95 Å². The van der Waals surface area contributed by atoms with Crippen molar-refractivity contribution in [3.63, 3.8) is 0 Å². The van der Waals surface area contributed by atoms with Crippen molar-refractivity contribution in [2.24, 2.45) is 0 Å². The van der Waals surface area contributed by atoms with Gasteiger partial charge in [-0.1, -0.05) is 11.8 Å². The van der Waals surface area contributed by atoms with Crippen molar-refractivity contribution >= 4 is 17.7 Å². The Morgan fingerprint density at radius 3 is 2.84 bits per heavy atom. The van der Waals surface area contributed by atoms with Crippen molar-refractivity contribution in [2.45, 2.75) is 23.2 Å². The van der Waals surface area contributed by atoms with Gasteiger partial charge in [0.2, 0.25) is 11.9 Å². The Hall–Kier alpha value is -1.67. The molecular formula is C11H14N6OS. The van der Waals surface area contributed by atoms with E-state index in [1.165, 1.54) is 0 Å². The molecular weight excluding hydrogens is 264 g/mol. The van der Waals surface area contributed by atoms with Crippen LogP contribution in [0.5, 0.6) is 0 Å². The van der Waals surface area contributed by atoms with Crippen molar-refractivity contribution in [1.82, 2.24) is 24.5 Å². The van der Waals surface area contributed by atoms with E-state index in [0.29, 0.717) is 16.4 Å².